The molecule has 2 aromatic rings. The number of rotatable bonds is 7. The first-order chi connectivity index (χ1) is 14.0. The van der Waals surface area contributed by atoms with Gasteiger partial charge in [-0.1, -0.05) is 47.7 Å². The molecule has 1 heterocycles. The first-order valence-corrected chi connectivity index (χ1v) is 10.3. The summed E-state index contributed by atoms with van der Waals surface area (Å²) in [6.07, 6.45) is 0.0914. The SMILES string of the molecule is COCCN1C(=O)C(CC(=O)Nc2ccc(C)cc2C)SC1=Nc1ccccc1. The summed E-state index contributed by atoms with van der Waals surface area (Å²) < 4.78 is 5.13. The summed E-state index contributed by atoms with van der Waals surface area (Å²) in [6.45, 7) is 4.77. The topological polar surface area (TPSA) is 71.0 Å². The summed E-state index contributed by atoms with van der Waals surface area (Å²) in [5.41, 5.74) is 3.67. The molecule has 152 valence electrons. The highest BCUT2D eigenvalue weighted by Gasteiger charge is 2.39. The summed E-state index contributed by atoms with van der Waals surface area (Å²) in [5, 5.41) is 3.02. The molecule has 1 unspecified atom stereocenters. The third kappa shape index (κ3) is 5.46. The Hall–Kier alpha value is -2.64. The number of carbonyl (C=O) groups is 2. The van der Waals surface area contributed by atoms with E-state index in [0.29, 0.717) is 18.3 Å². The van der Waals surface area contributed by atoms with Crippen molar-refractivity contribution in [3.05, 3.63) is 59.7 Å². The van der Waals surface area contributed by atoms with Gasteiger partial charge in [0.05, 0.1) is 18.8 Å². The fourth-order valence-electron chi connectivity index (χ4n) is 3.05. The first-order valence-electron chi connectivity index (χ1n) is 9.45. The molecule has 1 atom stereocenters. The smallest absolute Gasteiger partial charge is 0.242 e. The van der Waals surface area contributed by atoms with Crippen LogP contribution in [0, 0.1) is 13.8 Å². The molecule has 1 fully saturated rings. The number of nitrogens with one attached hydrogen (secondary N) is 1. The van der Waals surface area contributed by atoms with Crippen molar-refractivity contribution in [2.24, 2.45) is 4.99 Å². The molecule has 6 nitrogen and oxygen atoms in total. The number of hydrogen-bond donors (Lipinski definition) is 1. The van der Waals surface area contributed by atoms with Crippen molar-refractivity contribution in [3.63, 3.8) is 0 Å². The number of aryl methyl sites for hydroxylation is 2. The van der Waals surface area contributed by atoms with Gasteiger partial charge < -0.3 is 10.1 Å². The molecule has 2 amide bonds. The average Bonchev–Trinajstić information content (AvgIpc) is 2.97. The summed E-state index contributed by atoms with van der Waals surface area (Å²) >= 11 is 1.33. The Kier molecular flexibility index (Phi) is 7.06. The van der Waals surface area contributed by atoms with Crippen molar-refractivity contribution in [1.29, 1.82) is 0 Å². The number of benzene rings is 2. The van der Waals surface area contributed by atoms with Crippen LogP contribution in [-0.4, -0.2) is 47.4 Å². The molecule has 0 aromatic heterocycles. The summed E-state index contributed by atoms with van der Waals surface area (Å²) in [7, 11) is 1.59. The zero-order chi connectivity index (χ0) is 20.8. The highest BCUT2D eigenvalue weighted by Crippen LogP contribution is 2.31. The van der Waals surface area contributed by atoms with Crippen LogP contribution in [0.2, 0.25) is 0 Å². The fraction of sp³-hybridized carbons (Fsp3) is 0.318. The van der Waals surface area contributed by atoms with Gasteiger partial charge >= 0.3 is 0 Å². The lowest BCUT2D eigenvalue weighted by Crippen LogP contribution is -2.35. The molecule has 1 N–H and O–H groups in total. The molecule has 0 saturated carbocycles. The van der Waals surface area contributed by atoms with Crippen molar-refractivity contribution in [2.75, 3.05) is 25.6 Å². The van der Waals surface area contributed by atoms with Crippen LogP contribution in [0.4, 0.5) is 11.4 Å². The Bertz CT molecular complexity index is 915. The number of carbonyl (C=O) groups excluding carboxylic acids is 2. The highest BCUT2D eigenvalue weighted by molar-refractivity contribution is 8.15. The van der Waals surface area contributed by atoms with Gasteiger partial charge in [-0.25, -0.2) is 4.99 Å². The normalized spacial score (nSPS) is 17.8. The molecule has 29 heavy (non-hydrogen) atoms. The molecule has 0 radical (unpaired) electrons. The van der Waals surface area contributed by atoms with E-state index in [1.807, 2.05) is 62.4 Å². The molecule has 2 aromatic carbocycles. The minimum atomic E-state index is -0.500. The molecule has 0 aliphatic carbocycles. The van der Waals surface area contributed by atoms with Gasteiger partial charge in [-0.15, -0.1) is 0 Å². The van der Waals surface area contributed by atoms with Gasteiger partial charge in [0.15, 0.2) is 5.17 Å². The van der Waals surface area contributed by atoms with Crippen molar-refractivity contribution in [2.45, 2.75) is 25.5 Å². The van der Waals surface area contributed by atoms with E-state index >= 15 is 0 Å². The van der Waals surface area contributed by atoms with Gasteiger partial charge in [-0.2, -0.15) is 0 Å². The molecule has 1 saturated heterocycles. The standard InChI is InChI=1S/C22H25N3O3S/c1-15-9-10-18(16(2)13-15)24-20(26)14-19-21(27)25(11-12-28-3)22(29-19)23-17-7-5-4-6-8-17/h4-10,13,19H,11-12,14H2,1-3H3,(H,24,26). The van der Waals surface area contributed by atoms with E-state index in [1.54, 1.807) is 12.0 Å². The van der Waals surface area contributed by atoms with E-state index in [-0.39, 0.29) is 18.2 Å². The molecule has 0 spiro atoms. The Labute approximate surface area is 175 Å². The first kappa shape index (κ1) is 21.1. The van der Waals surface area contributed by atoms with E-state index < -0.39 is 5.25 Å². The number of methoxy groups -OCH3 is 1. The average molecular weight is 412 g/mol. The third-order valence-corrected chi connectivity index (χ3v) is 5.72. The molecule has 3 rings (SSSR count). The van der Waals surface area contributed by atoms with Gasteiger partial charge in [0.25, 0.3) is 0 Å². The summed E-state index contributed by atoms with van der Waals surface area (Å²) in [6, 6.07) is 15.3. The van der Waals surface area contributed by atoms with Crippen molar-refractivity contribution in [3.8, 4) is 0 Å². The number of ether oxygens (including phenoxy) is 1. The van der Waals surface area contributed by atoms with Gasteiger partial charge in [0.1, 0.15) is 5.25 Å². The fourth-order valence-corrected chi connectivity index (χ4v) is 4.23. The molecular weight excluding hydrogens is 386 g/mol. The van der Waals surface area contributed by atoms with Crippen LogP contribution in [0.1, 0.15) is 17.5 Å². The summed E-state index contributed by atoms with van der Waals surface area (Å²) in [5.74, 6) is -0.298. The number of amidine groups is 1. The van der Waals surface area contributed by atoms with E-state index in [0.717, 1.165) is 22.5 Å². The number of amides is 2. The number of thioether (sulfide) groups is 1. The van der Waals surface area contributed by atoms with E-state index in [2.05, 4.69) is 10.3 Å². The van der Waals surface area contributed by atoms with Crippen LogP contribution in [0.25, 0.3) is 0 Å². The van der Waals surface area contributed by atoms with Gasteiger partial charge in [-0.3, -0.25) is 14.5 Å². The number of nitrogens with zero attached hydrogens (tertiary/aromatic N) is 2. The zero-order valence-electron chi connectivity index (χ0n) is 16.8. The number of hydrogen-bond acceptors (Lipinski definition) is 5. The monoisotopic (exact) mass is 411 g/mol. The Morgan fingerprint density at radius 3 is 2.66 bits per heavy atom. The summed E-state index contributed by atoms with van der Waals surface area (Å²) in [4.78, 5) is 31.7. The second kappa shape index (κ2) is 9.71. The second-order valence-electron chi connectivity index (χ2n) is 6.89. The highest BCUT2D eigenvalue weighted by atomic mass is 32.2. The Morgan fingerprint density at radius 1 is 1.21 bits per heavy atom. The lowest BCUT2D eigenvalue weighted by Gasteiger charge is -2.15. The predicted octanol–water partition coefficient (Wildman–Crippen LogP) is 3.91. The molecule has 1 aliphatic rings. The van der Waals surface area contributed by atoms with E-state index in [4.69, 9.17) is 4.74 Å². The van der Waals surface area contributed by atoms with E-state index in [9.17, 15) is 9.59 Å². The molecule has 1 aliphatic heterocycles. The van der Waals surface area contributed by atoms with E-state index in [1.165, 1.54) is 11.8 Å². The lowest BCUT2D eigenvalue weighted by atomic mass is 10.1. The van der Waals surface area contributed by atoms with Crippen molar-refractivity contribution >= 4 is 40.1 Å². The van der Waals surface area contributed by atoms with Crippen LogP contribution in [0.3, 0.4) is 0 Å². The lowest BCUT2D eigenvalue weighted by molar-refractivity contribution is -0.128. The quantitative estimate of drug-likeness (QED) is 0.750. The van der Waals surface area contributed by atoms with Gasteiger partial charge in [-0.05, 0) is 37.6 Å². The second-order valence-corrected chi connectivity index (χ2v) is 8.06. The Morgan fingerprint density at radius 2 is 1.97 bits per heavy atom. The zero-order valence-corrected chi connectivity index (χ0v) is 17.7. The van der Waals surface area contributed by atoms with Crippen LogP contribution in [0.5, 0.6) is 0 Å². The van der Waals surface area contributed by atoms with Crippen molar-refractivity contribution in [1.82, 2.24) is 4.90 Å². The van der Waals surface area contributed by atoms with Gasteiger partial charge in [0.2, 0.25) is 11.8 Å². The Balaban J connectivity index is 1.72. The number of aliphatic imine (C=N–C) groups is 1. The van der Waals surface area contributed by atoms with Gasteiger partial charge in [0, 0.05) is 19.2 Å². The minimum Gasteiger partial charge on any atom is -0.383 e. The molecule has 0 bridgehead atoms. The largest absolute Gasteiger partial charge is 0.383 e. The van der Waals surface area contributed by atoms with Crippen LogP contribution in [-0.2, 0) is 14.3 Å². The molecular formula is C22H25N3O3S. The maximum Gasteiger partial charge on any atom is 0.242 e. The predicted molar refractivity (Wildman–Crippen MR) is 118 cm³/mol. The number of anilines is 1. The van der Waals surface area contributed by atoms with Crippen molar-refractivity contribution < 1.29 is 14.3 Å². The minimum absolute atomic E-state index is 0.0914. The van der Waals surface area contributed by atoms with Crippen LogP contribution in [0.15, 0.2) is 53.5 Å². The third-order valence-electron chi connectivity index (χ3n) is 4.55. The maximum absolute atomic E-state index is 12.9. The number of para-hydroxylation sites is 1. The van der Waals surface area contributed by atoms with Crippen LogP contribution >= 0.6 is 11.8 Å². The maximum atomic E-state index is 12.9. The van der Waals surface area contributed by atoms with Crippen LogP contribution < -0.4 is 5.32 Å². The molecule has 7 heteroatoms.